The van der Waals surface area contributed by atoms with Crippen LogP contribution >= 0.6 is 0 Å². The molecule has 5 heteroatoms. The molecular formula is C20H21N3O2. The van der Waals surface area contributed by atoms with E-state index in [1.54, 1.807) is 0 Å². The molecular weight excluding hydrogens is 314 g/mol. The number of aryl methyl sites for hydroxylation is 1. The number of aromatic nitrogens is 2. The van der Waals surface area contributed by atoms with Crippen LogP contribution in [0.1, 0.15) is 31.4 Å². The van der Waals surface area contributed by atoms with Crippen LogP contribution in [0.2, 0.25) is 0 Å². The van der Waals surface area contributed by atoms with Crippen molar-refractivity contribution in [1.82, 2.24) is 10.1 Å². The number of fused-ring (bicyclic) bond motifs is 1. The summed E-state index contributed by atoms with van der Waals surface area (Å²) >= 11 is 0. The first kappa shape index (κ1) is 15.7. The van der Waals surface area contributed by atoms with Crippen LogP contribution in [0.15, 0.2) is 40.9 Å². The van der Waals surface area contributed by atoms with Crippen LogP contribution in [0.4, 0.5) is 5.69 Å². The number of nitrogens with two attached hydrogens (primary N) is 1. The number of benzene rings is 2. The van der Waals surface area contributed by atoms with Gasteiger partial charge < -0.3 is 15.0 Å². The molecule has 0 atom stereocenters. The zero-order chi connectivity index (χ0) is 17.4. The number of ether oxygens (including phenoxy) is 1. The first-order valence-corrected chi connectivity index (χ1v) is 8.63. The molecule has 1 aromatic heterocycles. The highest BCUT2D eigenvalue weighted by atomic mass is 16.5. The summed E-state index contributed by atoms with van der Waals surface area (Å²) < 4.78 is 11.4. The molecule has 0 radical (unpaired) electrons. The molecule has 0 fully saturated rings. The number of nitrogen functional groups attached to an aromatic ring is 1. The maximum Gasteiger partial charge on any atom is 0.262 e. The van der Waals surface area contributed by atoms with Gasteiger partial charge in [0.25, 0.3) is 5.89 Å². The molecule has 2 N–H and O–H groups in total. The molecule has 4 rings (SSSR count). The lowest BCUT2D eigenvalue weighted by Gasteiger charge is -2.12. The van der Waals surface area contributed by atoms with E-state index in [1.807, 2.05) is 32.0 Å². The van der Waals surface area contributed by atoms with Crippen molar-refractivity contribution in [2.75, 3.05) is 5.73 Å². The molecule has 0 aliphatic heterocycles. The average molecular weight is 335 g/mol. The number of rotatable bonds is 4. The van der Waals surface area contributed by atoms with Gasteiger partial charge in [0.2, 0.25) is 5.82 Å². The molecule has 25 heavy (non-hydrogen) atoms. The summed E-state index contributed by atoms with van der Waals surface area (Å²) in [5.41, 5.74) is 11.1. The summed E-state index contributed by atoms with van der Waals surface area (Å²) in [7, 11) is 0. The molecule has 1 aliphatic rings. The van der Waals surface area contributed by atoms with Gasteiger partial charge >= 0.3 is 0 Å². The molecule has 3 aromatic rings. The third-order valence-corrected chi connectivity index (χ3v) is 4.41. The fourth-order valence-corrected chi connectivity index (χ4v) is 3.34. The molecule has 2 aromatic carbocycles. The first-order valence-electron chi connectivity index (χ1n) is 8.63. The fourth-order valence-electron chi connectivity index (χ4n) is 3.34. The van der Waals surface area contributed by atoms with E-state index in [2.05, 4.69) is 28.3 Å². The van der Waals surface area contributed by atoms with E-state index >= 15 is 0 Å². The van der Waals surface area contributed by atoms with E-state index in [-0.39, 0.29) is 6.10 Å². The fraction of sp³-hybridized carbons (Fsp3) is 0.300. The standard InChI is InChI=1S/C20H21N3O2/c1-12(2)24-18-10-9-14(21)11-17(18)20-22-19(23-25-20)16-8-4-6-13-5-3-7-15(13)16/h4,6,8-12H,3,5,7,21H2,1-2H3. The Hall–Kier alpha value is -2.82. The molecule has 0 amide bonds. The SMILES string of the molecule is CC(C)Oc1ccc(N)cc1-c1nc(-c2cccc3c2CCC3)no1. The van der Waals surface area contributed by atoms with Crippen molar-refractivity contribution < 1.29 is 9.26 Å². The average Bonchev–Trinajstić information content (AvgIpc) is 3.24. The highest BCUT2D eigenvalue weighted by Gasteiger charge is 2.21. The summed E-state index contributed by atoms with van der Waals surface area (Å²) in [6.45, 7) is 3.96. The van der Waals surface area contributed by atoms with Crippen LogP contribution in [0, 0.1) is 0 Å². The first-order chi connectivity index (χ1) is 12.1. The Balaban J connectivity index is 1.76. The number of hydrogen-bond donors (Lipinski definition) is 1. The third-order valence-electron chi connectivity index (χ3n) is 4.41. The summed E-state index contributed by atoms with van der Waals surface area (Å²) in [5.74, 6) is 1.73. The largest absolute Gasteiger partial charge is 0.490 e. The Bertz CT molecular complexity index is 915. The maximum absolute atomic E-state index is 5.94. The maximum atomic E-state index is 5.94. The van der Waals surface area contributed by atoms with E-state index in [9.17, 15) is 0 Å². The molecule has 0 saturated carbocycles. The van der Waals surface area contributed by atoms with Crippen molar-refractivity contribution in [2.45, 2.75) is 39.2 Å². The molecule has 5 nitrogen and oxygen atoms in total. The van der Waals surface area contributed by atoms with Crippen LogP contribution in [0.5, 0.6) is 5.75 Å². The van der Waals surface area contributed by atoms with Crippen molar-refractivity contribution in [1.29, 1.82) is 0 Å². The van der Waals surface area contributed by atoms with Gasteiger partial charge in [0, 0.05) is 11.3 Å². The van der Waals surface area contributed by atoms with E-state index in [4.69, 9.17) is 15.0 Å². The van der Waals surface area contributed by atoms with Crippen molar-refractivity contribution in [3.8, 4) is 28.6 Å². The minimum Gasteiger partial charge on any atom is -0.490 e. The minimum atomic E-state index is 0.0437. The zero-order valence-electron chi connectivity index (χ0n) is 14.5. The summed E-state index contributed by atoms with van der Waals surface area (Å²) in [4.78, 5) is 4.62. The Morgan fingerprint density at radius 2 is 2.00 bits per heavy atom. The van der Waals surface area contributed by atoms with Gasteiger partial charge in [0.05, 0.1) is 11.7 Å². The Morgan fingerprint density at radius 1 is 1.12 bits per heavy atom. The van der Waals surface area contributed by atoms with Crippen LogP contribution in [0.25, 0.3) is 22.8 Å². The smallest absolute Gasteiger partial charge is 0.262 e. The minimum absolute atomic E-state index is 0.0437. The van der Waals surface area contributed by atoms with Crippen LogP contribution in [-0.2, 0) is 12.8 Å². The van der Waals surface area contributed by atoms with Crippen LogP contribution < -0.4 is 10.5 Å². The molecule has 0 bridgehead atoms. The van der Waals surface area contributed by atoms with Crippen molar-refractivity contribution in [2.24, 2.45) is 0 Å². The second-order valence-electron chi connectivity index (χ2n) is 6.64. The second-order valence-corrected chi connectivity index (χ2v) is 6.64. The lowest BCUT2D eigenvalue weighted by molar-refractivity contribution is 0.242. The lowest BCUT2D eigenvalue weighted by atomic mass is 10.0. The number of nitrogens with zero attached hydrogens (tertiary/aromatic N) is 2. The summed E-state index contributed by atoms with van der Waals surface area (Å²) in [6.07, 6.45) is 3.41. The van der Waals surface area contributed by atoms with Gasteiger partial charge in [0.15, 0.2) is 0 Å². The van der Waals surface area contributed by atoms with Crippen LogP contribution in [0.3, 0.4) is 0 Å². The third kappa shape index (κ3) is 2.97. The molecule has 0 spiro atoms. The number of anilines is 1. The van der Waals surface area contributed by atoms with E-state index < -0.39 is 0 Å². The van der Waals surface area contributed by atoms with Gasteiger partial charge in [-0.15, -0.1) is 0 Å². The lowest BCUT2D eigenvalue weighted by Crippen LogP contribution is -2.06. The van der Waals surface area contributed by atoms with Gasteiger partial charge in [-0.1, -0.05) is 23.4 Å². The topological polar surface area (TPSA) is 74.2 Å². The summed E-state index contributed by atoms with van der Waals surface area (Å²) in [6, 6.07) is 11.8. The molecule has 0 saturated heterocycles. The van der Waals surface area contributed by atoms with E-state index in [1.165, 1.54) is 17.5 Å². The van der Waals surface area contributed by atoms with Gasteiger partial charge in [-0.2, -0.15) is 4.98 Å². The van der Waals surface area contributed by atoms with Gasteiger partial charge in [-0.3, -0.25) is 0 Å². The quantitative estimate of drug-likeness (QED) is 0.721. The monoisotopic (exact) mass is 335 g/mol. The summed E-state index contributed by atoms with van der Waals surface area (Å²) in [5, 5.41) is 4.21. The Morgan fingerprint density at radius 3 is 2.84 bits per heavy atom. The molecule has 1 heterocycles. The highest BCUT2D eigenvalue weighted by molar-refractivity contribution is 5.70. The predicted molar refractivity (Wildman–Crippen MR) is 97.4 cm³/mol. The predicted octanol–water partition coefficient (Wildman–Crippen LogP) is 4.26. The van der Waals surface area contributed by atoms with E-state index in [0.717, 1.165) is 24.0 Å². The van der Waals surface area contributed by atoms with Gasteiger partial charge in [-0.25, -0.2) is 0 Å². The Labute approximate surface area is 146 Å². The molecule has 128 valence electrons. The van der Waals surface area contributed by atoms with Gasteiger partial charge in [-0.05, 0) is 62.4 Å². The highest BCUT2D eigenvalue weighted by Crippen LogP contribution is 2.35. The van der Waals surface area contributed by atoms with Gasteiger partial charge in [0.1, 0.15) is 5.75 Å². The number of hydrogen-bond acceptors (Lipinski definition) is 5. The van der Waals surface area contributed by atoms with Crippen molar-refractivity contribution >= 4 is 5.69 Å². The molecule has 0 unspecified atom stereocenters. The molecule has 1 aliphatic carbocycles. The van der Waals surface area contributed by atoms with Crippen molar-refractivity contribution in [3.63, 3.8) is 0 Å². The van der Waals surface area contributed by atoms with E-state index in [0.29, 0.717) is 23.2 Å². The Kier molecular flexibility index (Phi) is 3.92. The zero-order valence-corrected chi connectivity index (χ0v) is 14.5. The van der Waals surface area contributed by atoms with Crippen molar-refractivity contribution in [3.05, 3.63) is 47.5 Å². The van der Waals surface area contributed by atoms with Crippen LogP contribution in [-0.4, -0.2) is 16.2 Å². The second kappa shape index (κ2) is 6.24. The normalized spacial score (nSPS) is 13.2.